The summed E-state index contributed by atoms with van der Waals surface area (Å²) in [5, 5.41) is 0. The topological polar surface area (TPSA) is 32.8 Å². The number of carbonyl (C=O) groups is 1. The van der Waals surface area contributed by atoms with Gasteiger partial charge < -0.3 is 9.64 Å². The van der Waals surface area contributed by atoms with E-state index in [0.29, 0.717) is 6.04 Å². The predicted molar refractivity (Wildman–Crippen MR) is 88.2 cm³/mol. The Kier molecular flexibility index (Phi) is 4.13. The van der Waals surface area contributed by atoms with Gasteiger partial charge >= 0.3 is 5.97 Å². The zero-order valence-corrected chi connectivity index (χ0v) is 13.8. The van der Waals surface area contributed by atoms with Gasteiger partial charge in [-0.25, -0.2) is 0 Å². The number of benzene rings is 1. The molecule has 0 aliphatic carbocycles. The summed E-state index contributed by atoms with van der Waals surface area (Å²) in [5.74, 6) is -0.124. The van der Waals surface area contributed by atoms with Crippen molar-refractivity contribution in [3.05, 3.63) is 29.8 Å². The number of anilines is 1. The molecule has 0 radical (unpaired) electrons. The molecule has 1 aromatic rings. The molecular weight excluding hydrogens is 276 g/mol. The molecular formula is C18H26N2O2. The van der Waals surface area contributed by atoms with Crippen LogP contribution in [0.15, 0.2) is 24.3 Å². The number of nitrogens with zero attached hydrogens (tertiary/aromatic N) is 2. The van der Waals surface area contributed by atoms with E-state index in [1.165, 1.54) is 31.2 Å². The number of hydrogen-bond acceptors (Lipinski definition) is 4. The minimum atomic E-state index is -0.513. The van der Waals surface area contributed by atoms with Crippen molar-refractivity contribution in [3.8, 4) is 0 Å². The van der Waals surface area contributed by atoms with Gasteiger partial charge in [0, 0.05) is 24.8 Å². The van der Waals surface area contributed by atoms with E-state index in [1.54, 1.807) is 0 Å². The van der Waals surface area contributed by atoms with E-state index in [2.05, 4.69) is 34.1 Å². The largest absolute Gasteiger partial charge is 0.468 e. The van der Waals surface area contributed by atoms with Gasteiger partial charge in [0.1, 0.15) is 5.54 Å². The van der Waals surface area contributed by atoms with Crippen molar-refractivity contribution in [3.63, 3.8) is 0 Å². The molecule has 1 unspecified atom stereocenters. The highest BCUT2D eigenvalue weighted by molar-refractivity contribution is 5.81. The van der Waals surface area contributed by atoms with Crippen molar-refractivity contribution in [2.45, 2.75) is 44.2 Å². The summed E-state index contributed by atoms with van der Waals surface area (Å²) in [6.45, 7) is 3.98. The van der Waals surface area contributed by atoms with E-state index in [9.17, 15) is 4.79 Å². The Morgan fingerprint density at radius 3 is 2.86 bits per heavy atom. The molecule has 1 fully saturated rings. The Hall–Kier alpha value is -1.55. The molecule has 0 aromatic heterocycles. The van der Waals surface area contributed by atoms with Crippen LogP contribution in [0.3, 0.4) is 0 Å². The Bertz CT molecular complexity index is 560. The maximum Gasteiger partial charge on any atom is 0.326 e. The van der Waals surface area contributed by atoms with Crippen molar-refractivity contribution in [1.82, 2.24) is 4.90 Å². The molecule has 4 nitrogen and oxygen atoms in total. The SMILES string of the molecule is COC(=O)[C@]1(C)CC(N2CCCCc3ccccc32)CN1C. The number of methoxy groups -OCH3 is 1. The smallest absolute Gasteiger partial charge is 0.326 e. The van der Waals surface area contributed by atoms with Gasteiger partial charge in [-0.3, -0.25) is 9.69 Å². The average Bonchev–Trinajstić information content (AvgIpc) is 2.73. The summed E-state index contributed by atoms with van der Waals surface area (Å²) in [7, 11) is 3.51. The Morgan fingerprint density at radius 2 is 2.09 bits per heavy atom. The normalized spacial score (nSPS) is 29.0. The number of esters is 1. The second kappa shape index (κ2) is 5.92. The second-order valence-electron chi connectivity index (χ2n) is 6.78. The maximum absolute atomic E-state index is 12.2. The molecule has 22 heavy (non-hydrogen) atoms. The van der Waals surface area contributed by atoms with E-state index in [4.69, 9.17) is 4.74 Å². The third-order valence-electron chi connectivity index (χ3n) is 5.42. The van der Waals surface area contributed by atoms with Gasteiger partial charge in [-0.05, 0) is 51.3 Å². The summed E-state index contributed by atoms with van der Waals surface area (Å²) in [6.07, 6.45) is 4.43. The van der Waals surface area contributed by atoms with Gasteiger partial charge in [0.05, 0.1) is 7.11 Å². The number of fused-ring (bicyclic) bond motifs is 1. The fourth-order valence-corrected chi connectivity index (χ4v) is 3.96. The molecule has 2 heterocycles. The van der Waals surface area contributed by atoms with Crippen LogP contribution in [-0.4, -0.2) is 49.7 Å². The van der Waals surface area contributed by atoms with Crippen molar-refractivity contribution in [2.75, 3.05) is 32.1 Å². The summed E-state index contributed by atoms with van der Waals surface area (Å²) in [6, 6.07) is 9.09. The minimum Gasteiger partial charge on any atom is -0.468 e. The van der Waals surface area contributed by atoms with E-state index < -0.39 is 5.54 Å². The predicted octanol–water partition coefficient (Wildman–Crippen LogP) is 2.47. The summed E-state index contributed by atoms with van der Waals surface area (Å²) >= 11 is 0. The molecule has 2 aliphatic rings. The quantitative estimate of drug-likeness (QED) is 0.786. The third kappa shape index (κ3) is 2.50. The van der Waals surface area contributed by atoms with E-state index >= 15 is 0 Å². The van der Waals surface area contributed by atoms with Gasteiger partial charge in [0.15, 0.2) is 0 Å². The molecule has 1 aromatic carbocycles. The lowest BCUT2D eigenvalue weighted by molar-refractivity contribution is -0.151. The summed E-state index contributed by atoms with van der Waals surface area (Å²) in [5.41, 5.74) is 2.28. The number of hydrogen-bond donors (Lipinski definition) is 0. The van der Waals surface area contributed by atoms with Crippen LogP contribution in [0.2, 0.25) is 0 Å². The molecule has 0 spiro atoms. The molecule has 1 saturated heterocycles. The number of likely N-dealkylation sites (tertiary alicyclic amines) is 1. The first-order valence-electron chi connectivity index (χ1n) is 8.20. The van der Waals surface area contributed by atoms with Crippen LogP contribution >= 0.6 is 0 Å². The first-order valence-corrected chi connectivity index (χ1v) is 8.20. The highest BCUT2D eigenvalue weighted by atomic mass is 16.5. The van der Waals surface area contributed by atoms with Crippen LogP contribution in [0.1, 0.15) is 31.7 Å². The number of ether oxygens (including phenoxy) is 1. The number of para-hydroxylation sites is 1. The van der Waals surface area contributed by atoms with Crippen molar-refractivity contribution >= 4 is 11.7 Å². The standard InChI is InChI=1S/C18H26N2O2/c1-18(17(21)22-3)12-15(13-19(18)2)20-11-7-6-9-14-8-4-5-10-16(14)20/h4-5,8,10,15H,6-7,9,11-13H2,1-3H3/t15?,18-/m0/s1. The fraction of sp³-hybridized carbons (Fsp3) is 0.611. The van der Waals surface area contributed by atoms with Gasteiger partial charge in [0.25, 0.3) is 0 Å². The lowest BCUT2D eigenvalue weighted by Gasteiger charge is -2.31. The van der Waals surface area contributed by atoms with E-state index in [0.717, 1.165) is 25.9 Å². The molecule has 120 valence electrons. The average molecular weight is 302 g/mol. The fourth-order valence-electron chi connectivity index (χ4n) is 3.96. The summed E-state index contributed by atoms with van der Waals surface area (Å²) < 4.78 is 5.04. The Morgan fingerprint density at radius 1 is 1.32 bits per heavy atom. The number of rotatable bonds is 2. The van der Waals surface area contributed by atoms with Gasteiger partial charge in [-0.2, -0.15) is 0 Å². The highest BCUT2D eigenvalue weighted by Crippen LogP contribution is 2.36. The van der Waals surface area contributed by atoms with Gasteiger partial charge in [-0.1, -0.05) is 18.2 Å². The van der Waals surface area contributed by atoms with Crippen LogP contribution in [0, 0.1) is 0 Å². The third-order valence-corrected chi connectivity index (χ3v) is 5.42. The second-order valence-corrected chi connectivity index (χ2v) is 6.78. The van der Waals surface area contributed by atoms with Crippen molar-refractivity contribution in [2.24, 2.45) is 0 Å². The molecule has 0 bridgehead atoms. The summed E-state index contributed by atoms with van der Waals surface area (Å²) in [4.78, 5) is 16.9. The molecule has 2 atom stereocenters. The Labute approximate surface area is 133 Å². The first kappa shape index (κ1) is 15.3. The van der Waals surface area contributed by atoms with Crippen molar-refractivity contribution in [1.29, 1.82) is 0 Å². The molecule has 0 N–H and O–H groups in total. The van der Waals surface area contributed by atoms with Gasteiger partial charge in [-0.15, -0.1) is 0 Å². The Balaban J connectivity index is 1.88. The van der Waals surface area contributed by atoms with Gasteiger partial charge in [0.2, 0.25) is 0 Å². The lowest BCUT2D eigenvalue weighted by Crippen LogP contribution is -2.46. The molecule has 4 heteroatoms. The van der Waals surface area contributed by atoms with Crippen molar-refractivity contribution < 1.29 is 9.53 Å². The van der Waals surface area contributed by atoms with E-state index in [1.807, 2.05) is 14.0 Å². The minimum absolute atomic E-state index is 0.124. The first-order chi connectivity index (χ1) is 10.6. The molecule has 0 amide bonds. The zero-order valence-electron chi connectivity index (χ0n) is 13.8. The molecule has 3 rings (SSSR count). The highest BCUT2D eigenvalue weighted by Gasteiger charge is 2.48. The number of carbonyl (C=O) groups excluding carboxylic acids is 1. The van der Waals surface area contributed by atoms with Crippen LogP contribution in [0.25, 0.3) is 0 Å². The van der Waals surface area contributed by atoms with Crippen LogP contribution in [0.5, 0.6) is 0 Å². The van der Waals surface area contributed by atoms with Crippen LogP contribution < -0.4 is 4.90 Å². The monoisotopic (exact) mass is 302 g/mol. The molecule has 0 saturated carbocycles. The lowest BCUT2D eigenvalue weighted by atomic mass is 9.96. The maximum atomic E-state index is 12.2. The number of aryl methyl sites for hydroxylation is 1. The van der Waals surface area contributed by atoms with Crippen LogP contribution in [-0.2, 0) is 16.0 Å². The zero-order chi connectivity index (χ0) is 15.7. The molecule has 2 aliphatic heterocycles. The van der Waals surface area contributed by atoms with Crippen LogP contribution in [0.4, 0.5) is 5.69 Å². The number of likely N-dealkylation sites (N-methyl/N-ethyl adjacent to an activating group) is 1. The van der Waals surface area contributed by atoms with E-state index in [-0.39, 0.29) is 5.97 Å².